The Kier molecular flexibility index (Phi) is 2.94. The van der Waals surface area contributed by atoms with Crippen LogP contribution in [0, 0.1) is 23.2 Å². The first-order valence-electron chi connectivity index (χ1n) is 6.64. The number of fused-ring (bicyclic) bond motifs is 1. The molecule has 5 heteroatoms. The summed E-state index contributed by atoms with van der Waals surface area (Å²) < 4.78 is 5.22. The van der Waals surface area contributed by atoms with Crippen molar-refractivity contribution in [3.05, 3.63) is 23.8 Å². The van der Waals surface area contributed by atoms with Gasteiger partial charge in [0.2, 0.25) is 11.8 Å². The van der Waals surface area contributed by atoms with E-state index < -0.39 is 0 Å². The number of carbonyl (C=O) groups excluding carboxylic acids is 2. The van der Waals surface area contributed by atoms with Gasteiger partial charge in [0.1, 0.15) is 17.5 Å². The van der Waals surface area contributed by atoms with Crippen LogP contribution in [0.2, 0.25) is 0 Å². The molecule has 102 valence electrons. The first-order chi connectivity index (χ1) is 9.69. The van der Waals surface area contributed by atoms with Gasteiger partial charge in [-0.2, -0.15) is 5.26 Å². The minimum Gasteiger partial charge on any atom is -0.495 e. The highest BCUT2D eigenvalue weighted by atomic mass is 16.5. The molecule has 0 N–H and O–H groups in total. The van der Waals surface area contributed by atoms with Crippen molar-refractivity contribution in [3.63, 3.8) is 0 Å². The molecule has 5 nitrogen and oxygen atoms in total. The number of nitriles is 1. The predicted molar refractivity (Wildman–Crippen MR) is 71.0 cm³/mol. The number of benzene rings is 1. The van der Waals surface area contributed by atoms with Gasteiger partial charge < -0.3 is 4.74 Å². The lowest BCUT2D eigenvalue weighted by Crippen LogP contribution is -2.32. The van der Waals surface area contributed by atoms with E-state index in [-0.39, 0.29) is 29.2 Å². The van der Waals surface area contributed by atoms with Gasteiger partial charge in [-0.25, -0.2) is 4.90 Å². The Balaban J connectivity index is 2.12. The normalized spacial score (nSPS) is 24.7. The van der Waals surface area contributed by atoms with Crippen molar-refractivity contribution in [2.75, 3.05) is 12.0 Å². The van der Waals surface area contributed by atoms with Crippen molar-refractivity contribution >= 4 is 17.5 Å². The van der Waals surface area contributed by atoms with Crippen molar-refractivity contribution in [2.45, 2.75) is 19.3 Å². The van der Waals surface area contributed by atoms with Crippen LogP contribution in [-0.2, 0) is 9.59 Å². The number of imide groups is 1. The summed E-state index contributed by atoms with van der Waals surface area (Å²) in [6, 6.07) is 6.95. The Morgan fingerprint density at radius 2 is 1.90 bits per heavy atom. The van der Waals surface area contributed by atoms with E-state index in [1.165, 1.54) is 7.11 Å². The van der Waals surface area contributed by atoms with E-state index in [0.717, 1.165) is 24.2 Å². The molecule has 1 aromatic rings. The summed E-state index contributed by atoms with van der Waals surface area (Å²) in [5, 5.41) is 9.22. The van der Waals surface area contributed by atoms with Crippen LogP contribution in [0.25, 0.3) is 0 Å². The van der Waals surface area contributed by atoms with Gasteiger partial charge in [0.05, 0.1) is 24.5 Å². The highest BCUT2D eigenvalue weighted by Crippen LogP contribution is 2.44. The van der Waals surface area contributed by atoms with Gasteiger partial charge in [-0.1, -0.05) is 12.5 Å². The number of anilines is 1. The maximum absolute atomic E-state index is 12.5. The predicted octanol–water partition coefficient (Wildman–Crippen LogP) is 1.86. The molecule has 0 bridgehead atoms. The molecule has 1 saturated heterocycles. The third kappa shape index (κ3) is 1.61. The Bertz CT molecular complexity index is 610. The van der Waals surface area contributed by atoms with Gasteiger partial charge in [-0.05, 0) is 25.0 Å². The fraction of sp³-hybridized carbons (Fsp3) is 0.400. The number of para-hydroxylation sites is 1. The zero-order valence-corrected chi connectivity index (χ0v) is 11.1. The largest absolute Gasteiger partial charge is 0.495 e. The summed E-state index contributed by atoms with van der Waals surface area (Å²) >= 11 is 0. The first-order valence-corrected chi connectivity index (χ1v) is 6.64. The molecule has 2 aliphatic rings. The fourth-order valence-electron chi connectivity index (χ4n) is 3.22. The number of rotatable bonds is 2. The van der Waals surface area contributed by atoms with E-state index >= 15 is 0 Å². The van der Waals surface area contributed by atoms with Crippen LogP contribution in [0.3, 0.4) is 0 Å². The second kappa shape index (κ2) is 4.64. The van der Waals surface area contributed by atoms with E-state index in [1.807, 2.05) is 6.07 Å². The molecule has 0 spiro atoms. The number of methoxy groups -OCH3 is 1. The minimum absolute atomic E-state index is 0.196. The summed E-state index contributed by atoms with van der Waals surface area (Å²) in [4.78, 5) is 26.1. The third-order valence-corrected chi connectivity index (χ3v) is 4.15. The van der Waals surface area contributed by atoms with Crippen molar-refractivity contribution in [1.82, 2.24) is 0 Å². The second-order valence-corrected chi connectivity index (χ2v) is 5.12. The number of hydrogen-bond donors (Lipinski definition) is 0. The van der Waals surface area contributed by atoms with Gasteiger partial charge in [-0.3, -0.25) is 9.59 Å². The molecule has 0 aromatic heterocycles. The lowest BCUT2D eigenvalue weighted by Gasteiger charge is -2.19. The Hall–Kier alpha value is -2.35. The maximum Gasteiger partial charge on any atom is 0.237 e. The van der Waals surface area contributed by atoms with Crippen LogP contribution in [0.4, 0.5) is 5.69 Å². The van der Waals surface area contributed by atoms with E-state index in [9.17, 15) is 14.9 Å². The topological polar surface area (TPSA) is 70.4 Å². The number of nitrogens with zero attached hydrogens (tertiary/aromatic N) is 2. The molecule has 2 unspecified atom stereocenters. The zero-order valence-electron chi connectivity index (χ0n) is 11.1. The lowest BCUT2D eigenvalue weighted by atomic mass is 10.00. The summed E-state index contributed by atoms with van der Waals surface area (Å²) in [5.74, 6) is -0.458. The third-order valence-electron chi connectivity index (χ3n) is 4.15. The van der Waals surface area contributed by atoms with Crippen LogP contribution in [0.1, 0.15) is 24.8 Å². The smallest absolute Gasteiger partial charge is 0.237 e. The first kappa shape index (κ1) is 12.7. The molecule has 20 heavy (non-hydrogen) atoms. The Morgan fingerprint density at radius 1 is 1.25 bits per heavy atom. The molecule has 1 aliphatic heterocycles. The van der Waals surface area contributed by atoms with E-state index in [4.69, 9.17) is 4.74 Å². The van der Waals surface area contributed by atoms with Crippen LogP contribution >= 0.6 is 0 Å². The number of hydrogen-bond acceptors (Lipinski definition) is 4. The molecular formula is C15H14N2O3. The van der Waals surface area contributed by atoms with Crippen molar-refractivity contribution in [2.24, 2.45) is 11.8 Å². The van der Waals surface area contributed by atoms with Gasteiger partial charge in [0.15, 0.2) is 0 Å². The number of carbonyl (C=O) groups is 2. The average Bonchev–Trinajstić information content (AvgIpc) is 3.03. The highest BCUT2D eigenvalue weighted by Gasteiger charge is 2.51. The van der Waals surface area contributed by atoms with Gasteiger partial charge in [0.25, 0.3) is 0 Å². The molecule has 1 heterocycles. The number of amides is 2. The molecule has 0 radical (unpaired) electrons. The van der Waals surface area contributed by atoms with Crippen LogP contribution in [-0.4, -0.2) is 18.9 Å². The summed E-state index contributed by atoms with van der Waals surface area (Å²) in [6.07, 6.45) is 2.42. The highest BCUT2D eigenvalue weighted by molar-refractivity contribution is 6.23. The Morgan fingerprint density at radius 3 is 2.45 bits per heavy atom. The minimum atomic E-state index is -0.223. The van der Waals surface area contributed by atoms with Gasteiger partial charge >= 0.3 is 0 Å². The average molecular weight is 270 g/mol. The summed E-state index contributed by atoms with van der Waals surface area (Å²) in [5.41, 5.74) is 0.577. The van der Waals surface area contributed by atoms with E-state index in [2.05, 4.69) is 0 Å². The lowest BCUT2D eigenvalue weighted by molar-refractivity contribution is -0.122. The Labute approximate surface area is 116 Å². The SMILES string of the molecule is COc1cccc(C#N)c1N1C(=O)C2CCCC2C1=O. The fourth-order valence-corrected chi connectivity index (χ4v) is 3.22. The summed E-state index contributed by atoms with van der Waals surface area (Å²) in [6.45, 7) is 0. The van der Waals surface area contributed by atoms with Crippen molar-refractivity contribution in [3.8, 4) is 11.8 Å². The van der Waals surface area contributed by atoms with E-state index in [1.54, 1.807) is 18.2 Å². The summed E-state index contributed by atoms with van der Waals surface area (Å²) in [7, 11) is 1.46. The van der Waals surface area contributed by atoms with Crippen molar-refractivity contribution in [1.29, 1.82) is 5.26 Å². The monoisotopic (exact) mass is 270 g/mol. The van der Waals surface area contributed by atoms with Crippen LogP contribution < -0.4 is 9.64 Å². The number of ether oxygens (including phenoxy) is 1. The second-order valence-electron chi connectivity index (χ2n) is 5.12. The van der Waals surface area contributed by atoms with Gasteiger partial charge in [0, 0.05) is 0 Å². The molecule has 1 aliphatic carbocycles. The van der Waals surface area contributed by atoms with Gasteiger partial charge in [-0.15, -0.1) is 0 Å². The van der Waals surface area contributed by atoms with E-state index in [0.29, 0.717) is 11.4 Å². The maximum atomic E-state index is 12.5. The molecule has 2 atom stereocenters. The molecule has 2 fully saturated rings. The van der Waals surface area contributed by atoms with Crippen LogP contribution in [0.15, 0.2) is 18.2 Å². The zero-order chi connectivity index (χ0) is 14.3. The standard InChI is InChI=1S/C15H14N2O3/c1-20-12-7-2-4-9(8-16)13(12)17-14(18)10-5-3-6-11(10)15(17)19/h2,4,7,10-11H,3,5-6H2,1H3. The molecule has 1 aromatic carbocycles. The molecule has 3 rings (SSSR count). The van der Waals surface area contributed by atoms with Crippen molar-refractivity contribution < 1.29 is 14.3 Å². The molecule has 1 saturated carbocycles. The molecule has 2 amide bonds. The quantitative estimate of drug-likeness (QED) is 0.769. The van der Waals surface area contributed by atoms with Crippen LogP contribution in [0.5, 0.6) is 5.75 Å². The molecular weight excluding hydrogens is 256 g/mol.